The average molecular weight is 326 g/mol. The Kier molecular flexibility index (Phi) is 7.37. The van der Waals surface area contributed by atoms with Gasteiger partial charge in [-0.1, -0.05) is 0 Å². The van der Waals surface area contributed by atoms with Crippen molar-refractivity contribution in [1.29, 1.82) is 0 Å². The highest BCUT2D eigenvalue weighted by atomic mass is 16.6. The summed E-state index contributed by atoms with van der Waals surface area (Å²) in [6.45, 7) is 6.55. The van der Waals surface area contributed by atoms with E-state index in [1.165, 1.54) is 13.3 Å². The first-order chi connectivity index (χ1) is 10.8. The molecule has 1 heterocycles. The molecule has 1 aromatic rings. The van der Waals surface area contributed by atoms with Gasteiger partial charge in [-0.15, -0.1) is 0 Å². The first-order valence-corrected chi connectivity index (χ1v) is 7.58. The maximum absolute atomic E-state index is 11.4. The fourth-order valence-electron chi connectivity index (χ4n) is 1.67. The van der Waals surface area contributed by atoms with Crippen LogP contribution in [0.25, 0.3) is 0 Å². The van der Waals surface area contributed by atoms with Crippen molar-refractivity contribution in [3.8, 4) is 11.9 Å². The van der Waals surface area contributed by atoms with Crippen LogP contribution in [-0.2, 0) is 4.74 Å². The molecule has 1 amide bonds. The van der Waals surface area contributed by atoms with Gasteiger partial charge in [0.15, 0.2) is 0 Å². The van der Waals surface area contributed by atoms with Crippen molar-refractivity contribution < 1.29 is 19.0 Å². The van der Waals surface area contributed by atoms with E-state index in [2.05, 4.69) is 15.3 Å². The summed E-state index contributed by atoms with van der Waals surface area (Å²) in [7, 11) is 1.49. The van der Waals surface area contributed by atoms with E-state index in [4.69, 9.17) is 19.9 Å². The Balaban J connectivity index is 2.11. The first-order valence-electron chi connectivity index (χ1n) is 7.58. The number of nitrogens with two attached hydrogens (primary N) is 1. The molecule has 0 aliphatic rings. The van der Waals surface area contributed by atoms with Crippen LogP contribution in [0.5, 0.6) is 11.9 Å². The number of hydrogen-bond donors (Lipinski definition) is 2. The highest BCUT2D eigenvalue weighted by Crippen LogP contribution is 2.18. The topological polar surface area (TPSA) is 109 Å². The van der Waals surface area contributed by atoms with Crippen LogP contribution in [0.15, 0.2) is 6.20 Å². The third-order valence-electron chi connectivity index (χ3n) is 2.67. The van der Waals surface area contributed by atoms with Crippen molar-refractivity contribution in [2.45, 2.75) is 45.6 Å². The van der Waals surface area contributed by atoms with E-state index in [0.717, 1.165) is 19.3 Å². The highest BCUT2D eigenvalue weighted by molar-refractivity contribution is 5.67. The number of hydrogen-bond acceptors (Lipinski definition) is 7. The number of nitrogen functional groups attached to an aromatic ring is 1. The Hall–Kier alpha value is -2.25. The maximum Gasteiger partial charge on any atom is 0.407 e. The van der Waals surface area contributed by atoms with Gasteiger partial charge in [0.05, 0.1) is 19.9 Å². The highest BCUT2D eigenvalue weighted by Gasteiger charge is 2.15. The molecule has 0 atom stereocenters. The fourth-order valence-corrected chi connectivity index (χ4v) is 1.67. The van der Waals surface area contributed by atoms with E-state index < -0.39 is 11.7 Å². The molecular weight excluding hydrogens is 300 g/mol. The Morgan fingerprint density at radius 1 is 1.30 bits per heavy atom. The Labute approximate surface area is 136 Å². The summed E-state index contributed by atoms with van der Waals surface area (Å²) in [4.78, 5) is 19.4. The van der Waals surface area contributed by atoms with E-state index in [-0.39, 0.29) is 6.01 Å². The Morgan fingerprint density at radius 2 is 2.04 bits per heavy atom. The standard InChI is InChI=1S/C15H26N4O4/c1-15(2,3)23-14(20)17-8-6-5-7-9-22-13-18-10-11(16)12(19-13)21-4/h10H,5-9,16H2,1-4H3,(H,17,20). The molecule has 1 aromatic heterocycles. The normalized spacial score (nSPS) is 11.0. The number of unbranched alkanes of at least 4 members (excludes halogenated alkanes) is 2. The number of aromatic nitrogens is 2. The lowest BCUT2D eigenvalue weighted by atomic mass is 10.2. The Morgan fingerprint density at radius 3 is 2.70 bits per heavy atom. The van der Waals surface area contributed by atoms with Gasteiger partial charge < -0.3 is 25.3 Å². The molecule has 0 saturated carbocycles. The largest absolute Gasteiger partial charge is 0.479 e. The molecular formula is C15H26N4O4. The third kappa shape index (κ3) is 8.08. The average Bonchev–Trinajstić information content (AvgIpc) is 2.46. The number of anilines is 1. The summed E-state index contributed by atoms with van der Waals surface area (Å²) < 4.78 is 15.6. The van der Waals surface area contributed by atoms with Gasteiger partial charge in [0, 0.05) is 6.54 Å². The third-order valence-corrected chi connectivity index (χ3v) is 2.67. The molecule has 0 spiro atoms. The number of carbonyl (C=O) groups is 1. The molecule has 0 saturated heterocycles. The zero-order valence-corrected chi connectivity index (χ0v) is 14.2. The minimum absolute atomic E-state index is 0.239. The number of amides is 1. The quantitative estimate of drug-likeness (QED) is 0.704. The van der Waals surface area contributed by atoms with Crippen LogP contribution in [-0.4, -0.2) is 41.9 Å². The molecule has 0 radical (unpaired) electrons. The molecule has 8 nitrogen and oxygen atoms in total. The second kappa shape index (κ2) is 9.02. The van der Waals surface area contributed by atoms with Gasteiger partial charge in [-0.05, 0) is 40.0 Å². The van der Waals surface area contributed by atoms with Crippen LogP contribution < -0.4 is 20.5 Å². The summed E-state index contributed by atoms with van der Waals surface area (Å²) in [5.41, 5.74) is 5.52. The lowest BCUT2D eigenvalue weighted by Crippen LogP contribution is -2.33. The zero-order chi connectivity index (χ0) is 17.3. The van der Waals surface area contributed by atoms with Crippen LogP contribution >= 0.6 is 0 Å². The molecule has 130 valence electrons. The van der Waals surface area contributed by atoms with Crippen molar-refractivity contribution in [2.75, 3.05) is 26.0 Å². The summed E-state index contributed by atoms with van der Waals surface area (Å²) in [6, 6.07) is 0.239. The van der Waals surface area contributed by atoms with Crippen molar-refractivity contribution >= 4 is 11.8 Å². The van der Waals surface area contributed by atoms with Crippen molar-refractivity contribution in [1.82, 2.24) is 15.3 Å². The maximum atomic E-state index is 11.4. The van der Waals surface area contributed by atoms with E-state index >= 15 is 0 Å². The number of ether oxygens (including phenoxy) is 3. The van der Waals surface area contributed by atoms with Crippen molar-refractivity contribution in [3.05, 3.63) is 6.20 Å². The van der Waals surface area contributed by atoms with Crippen molar-refractivity contribution in [3.63, 3.8) is 0 Å². The minimum atomic E-state index is -0.474. The second-order valence-corrected chi connectivity index (χ2v) is 5.95. The molecule has 0 bridgehead atoms. The van der Waals surface area contributed by atoms with Crippen LogP contribution in [0.2, 0.25) is 0 Å². The number of rotatable bonds is 8. The fraction of sp³-hybridized carbons (Fsp3) is 0.667. The predicted octanol–water partition coefficient (Wildman–Crippen LogP) is 2.14. The van der Waals surface area contributed by atoms with Gasteiger partial charge in [0.2, 0.25) is 5.88 Å². The van der Waals surface area contributed by atoms with Crippen LogP contribution in [0.3, 0.4) is 0 Å². The van der Waals surface area contributed by atoms with Crippen LogP contribution in [0, 0.1) is 0 Å². The number of nitrogens with zero attached hydrogens (tertiary/aromatic N) is 2. The zero-order valence-electron chi connectivity index (χ0n) is 14.2. The molecule has 8 heteroatoms. The molecule has 1 rings (SSSR count). The lowest BCUT2D eigenvalue weighted by molar-refractivity contribution is 0.0527. The minimum Gasteiger partial charge on any atom is -0.479 e. The van der Waals surface area contributed by atoms with Gasteiger partial charge in [-0.25, -0.2) is 9.78 Å². The molecule has 0 aliphatic carbocycles. The molecule has 0 unspecified atom stereocenters. The van der Waals surface area contributed by atoms with Gasteiger partial charge in [-0.2, -0.15) is 4.98 Å². The first kappa shape index (κ1) is 18.8. The van der Waals surface area contributed by atoms with Gasteiger partial charge in [-0.3, -0.25) is 0 Å². The smallest absolute Gasteiger partial charge is 0.407 e. The van der Waals surface area contributed by atoms with E-state index in [1.54, 1.807) is 0 Å². The lowest BCUT2D eigenvalue weighted by Gasteiger charge is -2.19. The molecule has 0 fully saturated rings. The van der Waals surface area contributed by atoms with Gasteiger partial charge in [0.25, 0.3) is 0 Å². The summed E-state index contributed by atoms with van der Waals surface area (Å²) >= 11 is 0. The van der Waals surface area contributed by atoms with Crippen LogP contribution in [0.4, 0.5) is 10.5 Å². The molecule has 23 heavy (non-hydrogen) atoms. The van der Waals surface area contributed by atoms with Crippen molar-refractivity contribution in [2.24, 2.45) is 0 Å². The summed E-state index contributed by atoms with van der Waals surface area (Å²) in [5, 5.41) is 2.71. The molecule has 0 aromatic carbocycles. The van der Waals surface area contributed by atoms with E-state index in [1.807, 2.05) is 20.8 Å². The van der Waals surface area contributed by atoms with Gasteiger partial charge >= 0.3 is 12.1 Å². The molecule has 3 N–H and O–H groups in total. The summed E-state index contributed by atoms with van der Waals surface area (Å²) in [6.07, 6.45) is 3.63. The van der Waals surface area contributed by atoms with Gasteiger partial charge in [0.1, 0.15) is 11.3 Å². The monoisotopic (exact) mass is 326 g/mol. The number of alkyl carbamates (subject to hydrolysis) is 1. The SMILES string of the molecule is COc1nc(OCCCCCNC(=O)OC(C)(C)C)ncc1N. The number of methoxy groups -OCH3 is 1. The molecule has 0 aliphatic heterocycles. The second-order valence-electron chi connectivity index (χ2n) is 5.95. The van der Waals surface area contributed by atoms with E-state index in [0.29, 0.717) is 24.7 Å². The summed E-state index contributed by atoms with van der Waals surface area (Å²) in [5.74, 6) is 0.302. The van der Waals surface area contributed by atoms with E-state index in [9.17, 15) is 4.79 Å². The predicted molar refractivity (Wildman–Crippen MR) is 86.6 cm³/mol. The number of nitrogens with one attached hydrogen (secondary N) is 1. The Bertz CT molecular complexity index is 503. The number of carbonyl (C=O) groups excluding carboxylic acids is 1. The van der Waals surface area contributed by atoms with Crippen LogP contribution in [0.1, 0.15) is 40.0 Å².